The molecule has 0 amide bonds. The van der Waals surface area contributed by atoms with Gasteiger partial charge in [-0.1, -0.05) is 0 Å². The van der Waals surface area contributed by atoms with Crippen molar-refractivity contribution in [3.8, 4) is 11.4 Å². The molecule has 4 aromatic rings. The van der Waals surface area contributed by atoms with Gasteiger partial charge < -0.3 is 4.74 Å². The maximum absolute atomic E-state index is 5.32. The van der Waals surface area contributed by atoms with Crippen LogP contribution < -0.4 is 4.74 Å². The first-order valence-corrected chi connectivity index (χ1v) is 6.98. The molecule has 0 atom stereocenters. The minimum Gasteiger partial charge on any atom is -0.497 e. The summed E-state index contributed by atoms with van der Waals surface area (Å²) in [7, 11) is 3.57. The van der Waals surface area contributed by atoms with Crippen molar-refractivity contribution in [3.05, 3.63) is 42.5 Å². The SMILES string of the molecule is COc1ccc2ncc3nn(-c4cn(C)nc4C)cc3c2c1. The third-order valence-electron chi connectivity index (χ3n) is 3.80. The van der Waals surface area contributed by atoms with Crippen LogP contribution in [0.2, 0.25) is 0 Å². The highest BCUT2D eigenvalue weighted by molar-refractivity contribution is 6.04. The van der Waals surface area contributed by atoms with E-state index in [4.69, 9.17) is 4.74 Å². The second-order valence-electron chi connectivity index (χ2n) is 5.29. The van der Waals surface area contributed by atoms with E-state index in [2.05, 4.69) is 15.2 Å². The molecule has 0 saturated heterocycles. The molecule has 6 heteroatoms. The largest absolute Gasteiger partial charge is 0.497 e. The number of fused-ring (bicyclic) bond motifs is 3. The van der Waals surface area contributed by atoms with Gasteiger partial charge in [-0.05, 0) is 25.1 Å². The van der Waals surface area contributed by atoms with Crippen LogP contribution in [-0.2, 0) is 7.05 Å². The Morgan fingerprint density at radius 3 is 2.64 bits per heavy atom. The summed E-state index contributed by atoms with van der Waals surface area (Å²) in [4.78, 5) is 4.47. The van der Waals surface area contributed by atoms with Crippen molar-refractivity contribution in [1.29, 1.82) is 0 Å². The molecule has 0 spiro atoms. The van der Waals surface area contributed by atoms with E-state index >= 15 is 0 Å². The van der Waals surface area contributed by atoms with Crippen molar-refractivity contribution in [3.63, 3.8) is 0 Å². The van der Waals surface area contributed by atoms with Gasteiger partial charge >= 0.3 is 0 Å². The van der Waals surface area contributed by atoms with Gasteiger partial charge in [0.15, 0.2) is 0 Å². The summed E-state index contributed by atoms with van der Waals surface area (Å²) in [5.74, 6) is 0.812. The molecule has 1 aromatic carbocycles. The van der Waals surface area contributed by atoms with Crippen molar-refractivity contribution >= 4 is 21.8 Å². The molecule has 0 aliphatic carbocycles. The van der Waals surface area contributed by atoms with E-state index in [9.17, 15) is 0 Å². The topological polar surface area (TPSA) is 57.8 Å². The molecular formula is C16H15N5O. The maximum Gasteiger partial charge on any atom is 0.119 e. The van der Waals surface area contributed by atoms with Crippen LogP contribution in [-0.4, -0.2) is 31.7 Å². The van der Waals surface area contributed by atoms with E-state index in [0.29, 0.717) is 0 Å². The van der Waals surface area contributed by atoms with Gasteiger partial charge in [0.05, 0.1) is 30.7 Å². The summed E-state index contributed by atoms with van der Waals surface area (Å²) in [5.41, 5.74) is 3.68. The highest BCUT2D eigenvalue weighted by Gasteiger charge is 2.11. The van der Waals surface area contributed by atoms with Crippen LogP contribution >= 0.6 is 0 Å². The molecule has 0 aliphatic rings. The fourth-order valence-electron chi connectivity index (χ4n) is 2.73. The molecule has 6 nitrogen and oxygen atoms in total. The molecule has 0 N–H and O–H groups in total. The van der Waals surface area contributed by atoms with Gasteiger partial charge in [-0.3, -0.25) is 9.67 Å². The van der Waals surface area contributed by atoms with Crippen LogP contribution in [0.4, 0.5) is 0 Å². The highest BCUT2D eigenvalue weighted by Crippen LogP contribution is 2.27. The van der Waals surface area contributed by atoms with Gasteiger partial charge in [-0.2, -0.15) is 10.2 Å². The number of hydrogen-bond acceptors (Lipinski definition) is 4. The first kappa shape index (κ1) is 12.8. The number of ether oxygens (including phenoxy) is 1. The Morgan fingerprint density at radius 1 is 1.05 bits per heavy atom. The number of rotatable bonds is 2. The molecule has 0 bridgehead atoms. The zero-order valence-electron chi connectivity index (χ0n) is 12.6. The molecule has 22 heavy (non-hydrogen) atoms. The Morgan fingerprint density at radius 2 is 1.91 bits per heavy atom. The highest BCUT2D eigenvalue weighted by atomic mass is 16.5. The molecule has 0 unspecified atom stereocenters. The number of pyridine rings is 1. The smallest absolute Gasteiger partial charge is 0.119 e. The number of aromatic nitrogens is 5. The van der Waals surface area contributed by atoms with Gasteiger partial charge in [-0.15, -0.1) is 0 Å². The van der Waals surface area contributed by atoms with E-state index in [1.165, 1.54) is 0 Å². The zero-order valence-corrected chi connectivity index (χ0v) is 12.6. The predicted octanol–water partition coefficient (Wildman–Crippen LogP) is 2.62. The lowest BCUT2D eigenvalue weighted by molar-refractivity contribution is 0.415. The number of hydrogen-bond donors (Lipinski definition) is 0. The molecule has 0 saturated carbocycles. The van der Waals surface area contributed by atoms with Gasteiger partial charge in [0.1, 0.15) is 17.0 Å². The summed E-state index contributed by atoms with van der Waals surface area (Å²) in [6.07, 6.45) is 5.77. The lowest BCUT2D eigenvalue weighted by atomic mass is 10.1. The van der Waals surface area contributed by atoms with Gasteiger partial charge in [0.25, 0.3) is 0 Å². The van der Waals surface area contributed by atoms with Crippen molar-refractivity contribution in [2.45, 2.75) is 6.92 Å². The van der Waals surface area contributed by atoms with Crippen LogP contribution in [0.25, 0.3) is 27.5 Å². The second kappa shape index (κ2) is 4.56. The molecule has 3 aromatic heterocycles. The Bertz CT molecular complexity index is 999. The van der Waals surface area contributed by atoms with E-state index in [0.717, 1.165) is 38.9 Å². The second-order valence-corrected chi connectivity index (χ2v) is 5.29. The van der Waals surface area contributed by atoms with Crippen molar-refractivity contribution < 1.29 is 4.74 Å². The van der Waals surface area contributed by atoms with E-state index in [1.54, 1.807) is 18.0 Å². The normalized spacial score (nSPS) is 11.4. The Balaban J connectivity index is 2.00. The molecule has 0 radical (unpaired) electrons. The van der Waals surface area contributed by atoms with Crippen LogP contribution in [0.1, 0.15) is 5.69 Å². The van der Waals surface area contributed by atoms with Crippen molar-refractivity contribution in [1.82, 2.24) is 24.5 Å². The van der Waals surface area contributed by atoms with Gasteiger partial charge in [-0.25, -0.2) is 4.68 Å². The van der Waals surface area contributed by atoms with E-state index < -0.39 is 0 Å². The third kappa shape index (κ3) is 1.84. The summed E-state index contributed by atoms with van der Waals surface area (Å²) in [5, 5.41) is 11.1. The maximum atomic E-state index is 5.32. The number of aryl methyl sites for hydroxylation is 2. The van der Waals surface area contributed by atoms with Crippen molar-refractivity contribution in [2.75, 3.05) is 7.11 Å². The summed E-state index contributed by atoms with van der Waals surface area (Å²) in [6.45, 7) is 1.97. The molecule has 0 fully saturated rings. The van der Waals surface area contributed by atoms with Crippen molar-refractivity contribution in [2.24, 2.45) is 7.05 Å². The molecular weight excluding hydrogens is 278 g/mol. The standard InChI is InChI=1S/C16H15N5O/c1-10-16(9-20(2)18-10)21-8-13-12-6-11(22-3)4-5-14(12)17-7-15(13)19-21/h4-9H,1-3H3. The first-order chi connectivity index (χ1) is 10.7. The Hall–Kier alpha value is -2.89. The summed E-state index contributed by atoms with van der Waals surface area (Å²) >= 11 is 0. The summed E-state index contributed by atoms with van der Waals surface area (Å²) in [6, 6.07) is 5.86. The Labute approximate surface area is 126 Å². The summed E-state index contributed by atoms with van der Waals surface area (Å²) < 4.78 is 8.96. The molecule has 4 rings (SSSR count). The van der Waals surface area contributed by atoms with Gasteiger partial charge in [0, 0.05) is 24.0 Å². The fourth-order valence-corrected chi connectivity index (χ4v) is 2.73. The monoisotopic (exact) mass is 293 g/mol. The molecule has 0 aliphatic heterocycles. The number of nitrogens with zero attached hydrogens (tertiary/aromatic N) is 5. The van der Waals surface area contributed by atoms with E-state index in [1.807, 2.05) is 49.2 Å². The zero-order chi connectivity index (χ0) is 15.3. The minimum atomic E-state index is 0.812. The lowest BCUT2D eigenvalue weighted by Crippen LogP contribution is -1.94. The third-order valence-corrected chi connectivity index (χ3v) is 3.80. The quantitative estimate of drug-likeness (QED) is 0.570. The van der Waals surface area contributed by atoms with Crippen LogP contribution in [0.15, 0.2) is 36.8 Å². The van der Waals surface area contributed by atoms with Crippen LogP contribution in [0, 0.1) is 6.92 Å². The lowest BCUT2D eigenvalue weighted by Gasteiger charge is -2.02. The average Bonchev–Trinajstić information content (AvgIpc) is 3.09. The van der Waals surface area contributed by atoms with Crippen LogP contribution in [0.3, 0.4) is 0 Å². The number of benzene rings is 1. The van der Waals surface area contributed by atoms with E-state index in [-0.39, 0.29) is 0 Å². The average molecular weight is 293 g/mol. The first-order valence-electron chi connectivity index (χ1n) is 6.98. The fraction of sp³-hybridized carbons (Fsp3) is 0.188. The number of methoxy groups -OCH3 is 1. The molecule has 110 valence electrons. The van der Waals surface area contributed by atoms with Crippen LogP contribution in [0.5, 0.6) is 5.75 Å². The predicted molar refractivity (Wildman–Crippen MR) is 84.4 cm³/mol. The van der Waals surface area contributed by atoms with Gasteiger partial charge in [0.2, 0.25) is 0 Å². The Kier molecular flexibility index (Phi) is 2.66. The molecule has 3 heterocycles. The minimum absolute atomic E-state index is 0.812.